The molecule has 0 bridgehead atoms. The fourth-order valence-corrected chi connectivity index (χ4v) is 2.26. The van der Waals surface area contributed by atoms with Crippen molar-refractivity contribution in [3.05, 3.63) is 35.4 Å². The van der Waals surface area contributed by atoms with Crippen LogP contribution in [0.2, 0.25) is 0 Å². The average molecular weight is 250 g/mol. The highest BCUT2D eigenvalue weighted by Crippen LogP contribution is 2.34. The molecule has 1 aromatic carbocycles. The number of hydrogen-bond acceptors (Lipinski definition) is 1. The lowest BCUT2D eigenvalue weighted by molar-refractivity contribution is -0.113. The molecule has 0 spiro atoms. The van der Waals surface area contributed by atoms with Crippen LogP contribution in [0.15, 0.2) is 24.3 Å². The second kappa shape index (κ2) is 5.37. The molecular weight excluding hydrogens is 234 g/mol. The highest BCUT2D eigenvalue weighted by atomic mass is 35.5. The number of anilines is 1. The maximum Gasteiger partial charge on any atom is 0.239 e. The van der Waals surface area contributed by atoms with Crippen molar-refractivity contribution in [2.24, 2.45) is 0 Å². The van der Waals surface area contributed by atoms with Gasteiger partial charge in [-0.3, -0.25) is 4.79 Å². The molecule has 1 aliphatic carbocycles. The van der Waals surface area contributed by atoms with Crippen molar-refractivity contribution in [3.8, 4) is 0 Å². The number of para-hydroxylation sites is 1. The lowest BCUT2D eigenvalue weighted by atomic mass is 10.00. The Bertz CT molecular complexity index is 465. The lowest BCUT2D eigenvalue weighted by Crippen LogP contribution is -2.14. The molecule has 0 radical (unpaired) electrons. The molecule has 0 saturated heterocycles. The number of benzene rings is 1. The van der Waals surface area contributed by atoms with Gasteiger partial charge in [0.25, 0.3) is 0 Å². The van der Waals surface area contributed by atoms with Crippen LogP contribution in [0.5, 0.6) is 0 Å². The summed E-state index contributed by atoms with van der Waals surface area (Å²) in [5.74, 6) is -0.159. The molecule has 1 aliphatic rings. The molecule has 0 aromatic heterocycles. The number of hydrogen-bond donors (Lipinski definition) is 1. The third-order valence-corrected chi connectivity index (χ3v) is 3.29. The van der Waals surface area contributed by atoms with Crippen LogP contribution in [0.25, 0.3) is 5.57 Å². The summed E-state index contributed by atoms with van der Waals surface area (Å²) in [5, 5.41) is 2.89. The van der Waals surface area contributed by atoms with Crippen LogP contribution in [0.4, 0.5) is 5.69 Å². The summed E-state index contributed by atoms with van der Waals surface area (Å²) < 4.78 is 0. The smallest absolute Gasteiger partial charge is 0.239 e. The molecule has 17 heavy (non-hydrogen) atoms. The molecule has 0 heterocycles. The quantitative estimate of drug-likeness (QED) is 0.813. The number of amides is 1. The van der Waals surface area contributed by atoms with Crippen molar-refractivity contribution in [1.29, 1.82) is 0 Å². The monoisotopic (exact) mass is 249 g/mol. The Morgan fingerprint density at radius 1 is 1.47 bits per heavy atom. The summed E-state index contributed by atoms with van der Waals surface area (Å²) in [6, 6.07) is 6.09. The summed E-state index contributed by atoms with van der Waals surface area (Å²) in [7, 11) is 0. The fraction of sp³-hybridized carbons (Fsp3) is 0.357. The molecule has 2 nitrogen and oxygen atoms in total. The number of rotatable bonds is 3. The van der Waals surface area contributed by atoms with E-state index in [1.54, 1.807) is 0 Å². The van der Waals surface area contributed by atoms with Gasteiger partial charge in [-0.2, -0.15) is 0 Å². The Hall–Kier alpha value is -1.28. The van der Waals surface area contributed by atoms with Gasteiger partial charge in [0.2, 0.25) is 5.91 Å². The zero-order chi connectivity index (χ0) is 12.3. The number of alkyl halides is 1. The Morgan fingerprint density at radius 2 is 2.29 bits per heavy atom. The van der Waals surface area contributed by atoms with E-state index < -0.39 is 0 Å². The van der Waals surface area contributed by atoms with E-state index in [4.69, 9.17) is 11.6 Å². The van der Waals surface area contributed by atoms with Crippen LogP contribution < -0.4 is 5.32 Å². The van der Waals surface area contributed by atoms with Gasteiger partial charge in [-0.25, -0.2) is 0 Å². The molecule has 0 aliphatic heterocycles. The number of nitrogens with one attached hydrogen (secondary N) is 1. The van der Waals surface area contributed by atoms with Crippen molar-refractivity contribution in [1.82, 2.24) is 0 Å². The maximum absolute atomic E-state index is 11.4. The topological polar surface area (TPSA) is 29.1 Å². The van der Waals surface area contributed by atoms with Gasteiger partial charge in [0, 0.05) is 5.56 Å². The van der Waals surface area contributed by atoms with E-state index in [1.165, 1.54) is 12.0 Å². The summed E-state index contributed by atoms with van der Waals surface area (Å²) in [5.41, 5.74) is 4.46. The maximum atomic E-state index is 11.4. The molecule has 2 rings (SSSR count). The second-order valence-electron chi connectivity index (χ2n) is 4.30. The normalized spacial score (nSPS) is 14.6. The van der Waals surface area contributed by atoms with Gasteiger partial charge in [-0.05, 0) is 37.3 Å². The standard InChI is InChI=1S/C14H16ClNO/c1-10-5-4-8-12(11-6-2-3-7-11)14(10)16-13(17)9-15/h4-6,8H,2-3,7,9H2,1H3,(H,16,17). The second-order valence-corrected chi connectivity index (χ2v) is 4.57. The van der Waals surface area contributed by atoms with E-state index in [0.29, 0.717) is 0 Å². The first-order valence-electron chi connectivity index (χ1n) is 5.87. The third kappa shape index (κ3) is 2.70. The van der Waals surface area contributed by atoms with Crippen molar-refractivity contribution < 1.29 is 4.79 Å². The summed E-state index contributed by atoms with van der Waals surface area (Å²) in [6.45, 7) is 2.00. The molecule has 0 atom stereocenters. The summed E-state index contributed by atoms with van der Waals surface area (Å²) in [4.78, 5) is 11.4. The number of aryl methyl sites for hydroxylation is 1. The van der Waals surface area contributed by atoms with E-state index in [2.05, 4.69) is 17.5 Å². The number of allylic oxidation sites excluding steroid dienone is 2. The van der Waals surface area contributed by atoms with Crippen molar-refractivity contribution in [2.45, 2.75) is 26.2 Å². The molecule has 1 N–H and O–H groups in total. The minimum atomic E-state index is -0.152. The Balaban J connectivity index is 2.37. The van der Waals surface area contributed by atoms with Crippen LogP contribution >= 0.6 is 11.6 Å². The van der Waals surface area contributed by atoms with Crippen LogP contribution in [-0.2, 0) is 4.79 Å². The zero-order valence-electron chi connectivity index (χ0n) is 9.92. The van der Waals surface area contributed by atoms with Crippen molar-refractivity contribution >= 4 is 28.8 Å². The molecule has 0 fully saturated rings. The van der Waals surface area contributed by atoms with Crippen LogP contribution in [0.1, 0.15) is 30.4 Å². The Labute approximate surface area is 107 Å². The first-order chi connectivity index (χ1) is 8.22. The van der Waals surface area contributed by atoms with E-state index in [1.807, 2.05) is 19.1 Å². The summed E-state index contributed by atoms with van der Waals surface area (Å²) in [6.07, 6.45) is 5.68. The molecular formula is C14H16ClNO. The molecule has 1 aromatic rings. The number of carbonyl (C=O) groups is 1. The van der Waals surface area contributed by atoms with Gasteiger partial charge in [0.1, 0.15) is 5.88 Å². The molecule has 1 amide bonds. The third-order valence-electron chi connectivity index (χ3n) is 3.05. The first kappa shape index (κ1) is 12.2. The van der Waals surface area contributed by atoms with E-state index in [0.717, 1.165) is 29.7 Å². The molecule has 0 saturated carbocycles. The van der Waals surface area contributed by atoms with E-state index in [9.17, 15) is 4.79 Å². The minimum absolute atomic E-state index is 0.00712. The summed E-state index contributed by atoms with van der Waals surface area (Å²) >= 11 is 5.54. The average Bonchev–Trinajstić information content (AvgIpc) is 2.85. The van der Waals surface area contributed by atoms with Gasteiger partial charge in [0.15, 0.2) is 0 Å². The highest BCUT2D eigenvalue weighted by molar-refractivity contribution is 6.29. The Morgan fingerprint density at radius 3 is 2.94 bits per heavy atom. The van der Waals surface area contributed by atoms with E-state index in [-0.39, 0.29) is 11.8 Å². The molecule has 3 heteroatoms. The van der Waals surface area contributed by atoms with Gasteiger partial charge in [-0.1, -0.05) is 24.3 Å². The zero-order valence-corrected chi connectivity index (χ0v) is 10.7. The van der Waals surface area contributed by atoms with Crippen LogP contribution in [0.3, 0.4) is 0 Å². The van der Waals surface area contributed by atoms with Crippen molar-refractivity contribution in [3.63, 3.8) is 0 Å². The van der Waals surface area contributed by atoms with E-state index >= 15 is 0 Å². The lowest BCUT2D eigenvalue weighted by Gasteiger charge is -2.14. The number of carbonyl (C=O) groups excluding carboxylic acids is 1. The predicted octanol–water partition coefficient (Wildman–Crippen LogP) is 3.74. The first-order valence-corrected chi connectivity index (χ1v) is 6.40. The minimum Gasteiger partial charge on any atom is -0.324 e. The molecule has 0 unspecified atom stereocenters. The highest BCUT2D eigenvalue weighted by Gasteiger charge is 2.14. The largest absolute Gasteiger partial charge is 0.324 e. The van der Waals surface area contributed by atoms with Gasteiger partial charge in [-0.15, -0.1) is 11.6 Å². The fourth-order valence-electron chi connectivity index (χ4n) is 2.19. The van der Waals surface area contributed by atoms with Crippen LogP contribution in [-0.4, -0.2) is 11.8 Å². The Kier molecular flexibility index (Phi) is 3.85. The number of halogens is 1. The van der Waals surface area contributed by atoms with Gasteiger partial charge >= 0.3 is 0 Å². The van der Waals surface area contributed by atoms with Crippen molar-refractivity contribution in [2.75, 3.05) is 11.2 Å². The SMILES string of the molecule is Cc1cccc(C2=CCCC2)c1NC(=O)CCl. The van der Waals surface area contributed by atoms with Crippen LogP contribution in [0, 0.1) is 6.92 Å². The molecule has 90 valence electrons. The predicted molar refractivity (Wildman–Crippen MR) is 72.4 cm³/mol. The van der Waals surface area contributed by atoms with Gasteiger partial charge in [0.05, 0.1) is 5.69 Å². The van der Waals surface area contributed by atoms with Gasteiger partial charge < -0.3 is 5.32 Å².